The molecule has 0 amide bonds. The number of benzene rings is 3. The molecule has 2 aliphatic rings. The van der Waals surface area contributed by atoms with Crippen molar-refractivity contribution >= 4 is 27.5 Å². The molecule has 0 fully saturated rings. The van der Waals surface area contributed by atoms with Crippen molar-refractivity contribution in [1.82, 2.24) is 4.57 Å². The van der Waals surface area contributed by atoms with E-state index in [1.807, 2.05) is 0 Å². The van der Waals surface area contributed by atoms with E-state index in [9.17, 15) is 0 Å². The molecule has 2 nitrogen and oxygen atoms in total. The quantitative estimate of drug-likeness (QED) is 0.382. The first-order valence-corrected chi connectivity index (χ1v) is 9.95. The molecule has 136 valence electrons. The number of aryl methyl sites for hydroxylation is 1. The molecule has 0 bridgehead atoms. The summed E-state index contributed by atoms with van der Waals surface area (Å²) in [6, 6.07) is 22.4. The van der Waals surface area contributed by atoms with Crippen molar-refractivity contribution in [2.75, 3.05) is 11.9 Å². The van der Waals surface area contributed by atoms with Gasteiger partial charge in [0.15, 0.2) is 0 Å². The highest BCUT2D eigenvalue weighted by Gasteiger charge is 2.31. The number of likely N-dealkylation sites (N-methyl/N-ethyl adjacent to an activating group) is 1. The molecule has 3 aromatic carbocycles. The van der Waals surface area contributed by atoms with Crippen LogP contribution in [0, 0.1) is 0 Å². The summed E-state index contributed by atoms with van der Waals surface area (Å²) in [7, 11) is 4.36. The summed E-state index contributed by atoms with van der Waals surface area (Å²) in [5, 5.41) is 2.67. The zero-order valence-corrected chi connectivity index (χ0v) is 16.2. The molecule has 1 atom stereocenters. The van der Waals surface area contributed by atoms with E-state index in [0.717, 1.165) is 6.42 Å². The van der Waals surface area contributed by atoms with E-state index in [-0.39, 0.29) is 0 Å². The second kappa shape index (κ2) is 5.62. The summed E-state index contributed by atoms with van der Waals surface area (Å²) in [4.78, 5) is 2.37. The van der Waals surface area contributed by atoms with Gasteiger partial charge in [-0.2, -0.15) is 0 Å². The molecule has 28 heavy (non-hydrogen) atoms. The van der Waals surface area contributed by atoms with Gasteiger partial charge in [-0.05, 0) is 47.4 Å². The van der Waals surface area contributed by atoms with Crippen molar-refractivity contribution in [3.63, 3.8) is 0 Å². The number of para-hydroxylation sites is 1. The van der Waals surface area contributed by atoms with E-state index >= 15 is 0 Å². The van der Waals surface area contributed by atoms with Gasteiger partial charge in [-0.3, -0.25) is 0 Å². The molecule has 0 saturated heterocycles. The third kappa shape index (κ3) is 1.98. The molecular weight excluding hydrogens is 340 g/mol. The summed E-state index contributed by atoms with van der Waals surface area (Å²) in [5.41, 5.74) is 9.38. The maximum atomic E-state index is 2.38. The molecular formula is C26H22N2. The third-order valence-corrected chi connectivity index (χ3v) is 6.54. The Bertz CT molecular complexity index is 1320. The number of hydrogen-bond acceptors (Lipinski definition) is 1. The highest BCUT2D eigenvalue weighted by molar-refractivity contribution is 6.14. The molecule has 2 heteroatoms. The Kier molecular flexibility index (Phi) is 3.16. The first-order valence-electron chi connectivity index (χ1n) is 9.95. The first-order chi connectivity index (χ1) is 13.7. The van der Waals surface area contributed by atoms with Gasteiger partial charge in [0, 0.05) is 53.2 Å². The fourth-order valence-corrected chi connectivity index (χ4v) is 5.14. The minimum absolute atomic E-state index is 0.507. The van der Waals surface area contributed by atoms with E-state index in [2.05, 4.69) is 102 Å². The Balaban J connectivity index is 1.60. The van der Waals surface area contributed by atoms with E-state index in [4.69, 9.17) is 0 Å². The number of allylic oxidation sites excluding steroid dienone is 4. The number of rotatable bonds is 1. The average molecular weight is 362 g/mol. The van der Waals surface area contributed by atoms with Crippen molar-refractivity contribution in [3.8, 4) is 11.1 Å². The molecule has 1 aliphatic heterocycles. The predicted molar refractivity (Wildman–Crippen MR) is 119 cm³/mol. The molecule has 0 N–H and O–H groups in total. The van der Waals surface area contributed by atoms with Crippen LogP contribution in [-0.4, -0.2) is 11.6 Å². The fourth-order valence-electron chi connectivity index (χ4n) is 5.14. The number of aromatic nitrogens is 1. The molecule has 1 aliphatic carbocycles. The Morgan fingerprint density at radius 1 is 0.893 bits per heavy atom. The van der Waals surface area contributed by atoms with Gasteiger partial charge in [-0.1, -0.05) is 54.6 Å². The fraction of sp³-hybridized carbons (Fsp3) is 0.154. The smallest absolute Gasteiger partial charge is 0.0495 e. The van der Waals surface area contributed by atoms with Crippen molar-refractivity contribution in [3.05, 3.63) is 90.2 Å². The minimum Gasteiger partial charge on any atom is -0.347 e. The van der Waals surface area contributed by atoms with Crippen LogP contribution in [0.25, 0.3) is 32.9 Å². The molecule has 0 saturated carbocycles. The van der Waals surface area contributed by atoms with Gasteiger partial charge in [-0.25, -0.2) is 0 Å². The predicted octanol–water partition coefficient (Wildman–Crippen LogP) is 6.38. The monoisotopic (exact) mass is 362 g/mol. The second-order valence-electron chi connectivity index (χ2n) is 7.92. The Hall–Kier alpha value is -3.26. The molecule has 0 spiro atoms. The van der Waals surface area contributed by atoms with Crippen LogP contribution in [0.4, 0.5) is 5.69 Å². The molecule has 1 aromatic heterocycles. The van der Waals surface area contributed by atoms with E-state index < -0.39 is 0 Å². The second-order valence-corrected chi connectivity index (χ2v) is 7.92. The van der Waals surface area contributed by atoms with Crippen molar-refractivity contribution in [1.29, 1.82) is 0 Å². The number of hydrogen-bond donors (Lipinski definition) is 0. The SMILES string of the molecule is CN1C2=CC=CCC2c2ccc(-c3cccc4c3c3ccccc3n4C)cc21. The zero-order chi connectivity index (χ0) is 18.8. The van der Waals surface area contributed by atoms with Gasteiger partial charge in [0.2, 0.25) is 0 Å². The Morgan fingerprint density at radius 2 is 1.75 bits per heavy atom. The summed E-state index contributed by atoms with van der Waals surface area (Å²) in [6.07, 6.45) is 7.83. The van der Waals surface area contributed by atoms with Crippen LogP contribution in [0.15, 0.2) is 84.6 Å². The Morgan fingerprint density at radius 3 is 2.68 bits per heavy atom. The standard InChI is InChI=1S/C26H22N2/c1-27-23-12-6-4-9-21(23)26-18(10-7-13-24(26)27)17-14-15-20-19-8-3-5-11-22(19)28(2)25(20)16-17/h3-7,9-16,19H,8H2,1-2H3. The van der Waals surface area contributed by atoms with Crippen molar-refractivity contribution in [2.24, 2.45) is 7.05 Å². The van der Waals surface area contributed by atoms with Crippen LogP contribution < -0.4 is 4.90 Å². The van der Waals surface area contributed by atoms with Gasteiger partial charge in [0.25, 0.3) is 0 Å². The van der Waals surface area contributed by atoms with E-state index in [0.29, 0.717) is 5.92 Å². The largest absolute Gasteiger partial charge is 0.347 e. The van der Waals surface area contributed by atoms with Crippen LogP contribution in [-0.2, 0) is 7.05 Å². The molecule has 6 rings (SSSR count). The van der Waals surface area contributed by atoms with Crippen molar-refractivity contribution in [2.45, 2.75) is 12.3 Å². The summed E-state index contributed by atoms with van der Waals surface area (Å²) in [5.74, 6) is 0.507. The lowest BCUT2D eigenvalue weighted by Crippen LogP contribution is -2.14. The molecule has 2 heterocycles. The average Bonchev–Trinajstić information content (AvgIpc) is 3.21. The van der Waals surface area contributed by atoms with Gasteiger partial charge in [0.05, 0.1) is 0 Å². The minimum atomic E-state index is 0.507. The van der Waals surface area contributed by atoms with Crippen LogP contribution in [0.3, 0.4) is 0 Å². The van der Waals surface area contributed by atoms with Gasteiger partial charge < -0.3 is 9.47 Å². The highest BCUT2D eigenvalue weighted by Crippen LogP contribution is 2.48. The van der Waals surface area contributed by atoms with Gasteiger partial charge in [0.1, 0.15) is 0 Å². The van der Waals surface area contributed by atoms with Gasteiger partial charge >= 0.3 is 0 Å². The first kappa shape index (κ1) is 15.8. The van der Waals surface area contributed by atoms with Crippen LogP contribution >= 0.6 is 0 Å². The molecule has 0 radical (unpaired) electrons. The Labute approximate surface area is 165 Å². The normalized spacial score (nSPS) is 17.9. The zero-order valence-electron chi connectivity index (χ0n) is 16.2. The van der Waals surface area contributed by atoms with E-state index in [1.165, 1.54) is 49.9 Å². The number of anilines is 1. The molecule has 1 unspecified atom stereocenters. The topological polar surface area (TPSA) is 8.17 Å². The summed E-state index contributed by atoms with van der Waals surface area (Å²) in [6.45, 7) is 0. The number of fused-ring (bicyclic) bond motifs is 6. The summed E-state index contributed by atoms with van der Waals surface area (Å²) >= 11 is 0. The third-order valence-electron chi connectivity index (χ3n) is 6.54. The lowest BCUT2D eigenvalue weighted by Gasteiger charge is -2.19. The van der Waals surface area contributed by atoms with Crippen LogP contribution in [0.1, 0.15) is 17.9 Å². The highest BCUT2D eigenvalue weighted by atomic mass is 15.1. The molecule has 4 aromatic rings. The maximum absolute atomic E-state index is 2.38. The van der Waals surface area contributed by atoms with Crippen LogP contribution in [0.5, 0.6) is 0 Å². The van der Waals surface area contributed by atoms with E-state index in [1.54, 1.807) is 0 Å². The number of nitrogens with zero attached hydrogens (tertiary/aromatic N) is 2. The summed E-state index contributed by atoms with van der Waals surface area (Å²) < 4.78 is 2.30. The van der Waals surface area contributed by atoms with Crippen LogP contribution in [0.2, 0.25) is 0 Å². The lowest BCUT2D eigenvalue weighted by molar-refractivity contribution is 0.812. The maximum Gasteiger partial charge on any atom is 0.0495 e. The lowest BCUT2D eigenvalue weighted by atomic mass is 9.90. The van der Waals surface area contributed by atoms with Crippen molar-refractivity contribution < 1.29 is 0 Å². The van der Waals surface area contributed by atoms with Gasteiger partial charge in [-0.15, -0.1) is 0 Å².